The lowest BCUT2D eigenvalue weighted by Crippen LogP contribution is -2.36. The maximum Gasteiger partial charge on any atom is 0.241 e. The summed E-state index contributed by atoms with van der Waals surface area (Å²) in [6.45, 7) is 7.23. The van der Waals surface area contributed by atoms with Crippen molar-refractivity contribution in [2.24, 2.45) is 5.92 Å². The number of fused-ring (bicyclic) bond motifs is 3. The lowest BCUT2D eigenvalue weighted by atomic mass is 9.99. The van der Waals surface area contributed by atoms with Gasteiger partial charge in [0.25, 0.3) is 0 Å². The lowest BCUT2D eigenvalue weighted by Gasteiger charge is -2.30. The summed E-state index contributed by atoms with van der Waals surface area (Å²) in [5, 5.41) is 7.46. The molecule has 4 rings (SSSR count). The van der Waals surface area contributed by atoms with Crippen LogP contribution < -0.4 is 10.1 Å². The zero-order valence-corrected chi connectivity index (χ0v) is 16.0. The van der Waals surface area contributed by atoms with E-state index in [0.29, 0.717) is 13.2 Å². The predicted octanol–water partition coefficient (Wildman–Crippen LogP) is 2.68. The van der Waals surface area contributed by atoms with Gasteiger partial charge in [-0.25, -0.2) is 0 Å². The standard InChI is InChI=1S/C21H28N4O2/c1-16-7-11-24(12-8-16)10-4-9-22-20(26)14-25-21-17(13-23-25)15-27-19-6-3-2-5-18(19)21/h2-3,5-6,13,16H,4,7-12,14-15H2,1H3,(H,22,26). The molecule has 1 saturated heterocycles. The van der Waals surface area contributed by atoms with Crippen LogP contribution >= 0.6 is 0 Å². The molecular formula is C21H28N4O2. The van der Waals surface area contributed by atoms with E-state index in [1.807, 2.05) is 24.3 Å². The van der Waals surface area contributed by atoms with Crippen molar-refractivity contribution in [1.82, 2.24) is 20.0 Å². The summed E-state index contributed by atoms with van der Waals surface area (Å²) >= 11 is 0. The summed E-state index contributed by atoms with van der Waals surface area (Å²) < 4.78 is 7.54. The monoisotopic (exact) mass is 368 g/mol. The first-order valence-electron chi connectivity index (χ1n) is 9.96. The minimum absolute atomic E-state index is 0.0112. The maximum absolute atomic E-state index is 12.4. The predicted molar refractivity (Wildman–Crippen MR) is 104 cm³/mol. The Bertz CT molecular complexity index is 793. The van der Waals surface area contributed by atoms with E-state index in [1.54, 1.807) is 10.9 Å². The molecule has 144 valence electrons. The van der Waals surface area contributed by atoms with E-state index in [0.717, 1.165) is 41.5 Å². The zero-order chi connectivity index (χ0) is 18.6. The van der Waals surface area contributed by atoms with Crippen molar-refractivity contribution in [1.29, 1.82) is 0 Å². The Hall–Kier alpha value is -2.34. The Kier molecular flexibility index (Phi) is 5.43. The van der Waals surface area contributed by atoms with Crippen LogP contribution in [-0.4, -0.2) is 46.8 Å². The second-order valence-corrected chi connectivity index (χ2v) is 7.69. The van der Waals surface area contributed by atoms with Gasteiger partial charge in [0.1, 0.15) is 18.9 Å². The van der Waals surface area contributed by atoms with Gasteiger partial charge in [-0.2, -0.15) is 5.10 Å². The van der Waals surface area contributed by atoms with Gasteiger partial charge in [0.05, 0.1) is 11.9 Å². The molecule has 3 heterocycles. The van der Waals surface area contributed by atoms with Crippen molar-refractivity contribution >= 4 is 5.91 Å². The number of amides is 1. The molecule has 0 spiro atoms. The highest BCUT2D eigenvalue weighted by molar-refractivity contribution is 5.78. The Morgan fingerprint density at radius 2 is 2.11 bits per heavy atom. The molecule has 1 aromatic carbocycles. The average Bonchev–Trinajstić information content (AvgIpc) is 3.10. The number of likely N-dealkylation sites (tertiary alicyclic amines) is 1. The van der Waals surface area contributed by atoms with E-state index in [9.17, 15) is 4.79 Å². The summed E-state index contributed by atoms with van der Waals surface area (Å²) in [6, 6.07) is 7.91. The van der Waals surface area contributed by atoms with Gasteiger partial charge < -0.3 is 15.0 Å². The minimum atomic E-state index is 0.0112. The van der Waals surface area contributed by atoms with Crippen molar-refractivity contribution in [3.63, 3.8) is 0 Å². The Morgan fingerprint density at radius 3 is 2.96 bits per heavy atom. The van der Waals surface area contributed by atoms with Crippen molar-refractivity contribution in [2.45, 2.75) is 39.3 Å². The molecule has 2 aromatic rings. The molecule has 0 unspecified atom stereocenters. The highest BCUT2D eigenvalue weighted by Gasteiger charge is 2.22. The molecule has 1 fully saturated rings. The van der Waals surface area contributed by atoms with E-state index in [-0.39, 0.29) is 12.5 Å². The first-order valence-corrected chi connectivity index (χ1v) is 9.96. The molecule has 1 N–H and O–H groups in total. The SMILES string of the molecule is CC1CCN(CCCNC(=O)Cn2ncc3c2-c2ccccc2OC3)CC1. The lowest BCUT2D eigenvalue weighted by molar-refractivity contribution is -0.121. The first-order chi connectivity index (χ1) is 13.2. The van der Waals surface area contributed by atoms with Gasteiger partial charge in [0.2, 0.25) is 5.91 Å². The molecule has 0 atom stereocenters. The van der Waals surface area contributed by atoms with Crippen molar-refractivity contribution in [2.75, 3.05) is 26.2 Å². The van der Waals surface area contributed by atoms with Crippen LogP contribution in [0.1, 0.15) is 31.7 Å². The van der Waals surface area contributed by atoms with Crippen LogP contribution in [0.4, 0.5) is 0 Å². The fourth-order valence-electron chi connectivity index (χ4n) is 3.91. The van der Waals surface area contributed by atoms with Gasteiger partial charge in [-0.05, 0) is 56.9 Å². The number of hydrogen-bond donors (Lipinski definition) is 1. The van der Waals surface area contributed by atoms with Crippen molar-refractivity contribution in [3.8, 4) is 17.0 Å². The van der Waals surface area contributed by atoms with Gasteiger partial charge in [0, 0.05) is 17.7 Å². The van der Waals surface area contributed by atoms with E-state index in [2.05, 4.69) is 22.2 Å². The molecule has 1 aromatic heterocycles. The van der Waals surface area contributed by atoms with Crippen LogP contribution in [0.5, 0.6) is 5.75 Å². The normalized spacial score (nSPS) is 17.1. The Morgan fingerprint density at radius 1 is 1.30 bits per heavy atom. The molecular weight excluding hydrogens is 340 g/mol. The maximum atomic E-state index is 12.4. The molecule has 0 radical (unpaired) electrons. The fourth-order valence-corrected chi connectivity index (χ4v) is 3.91. The van der Waals surface area contributed by atoms with Crippen LogP contribution in [0.25, 0.3) is 11.3 Å². The van der Waals surface area contributed by atoms with E-state index in [4.69, 9.17) is 4.74 Å². The van der Waals surface area contributed by atoms with Crippen molar-refractivity contribution in [3.05, 3.63) is 36.0 Å². The number of carbonyl (C=O) groups is 1. The second kappa shape index (κ2) is 8.13. The third kappa shape index (κ3) is 4.16. The zero-order valence-electron chi connectivity index (χ0n) is 16.0. The van der Waals surface area contributed by atoms with Gasteiger partial charge in [-0.3, -0.25) is 9.48 Å². The molecule has 27 heavy (non-hydrogen) atoms. The van der Waals surface area contributed by atoms with E-state index >= 15 is 0 Å². The van der Waals surface area contributed by atoms with Crippen molar-refractivity contribution < 1.29 is 9.53 Å². The number of ether oxygens (including phenoxy) is 1. The Balaban J connectivity index is 1.28. The van der Waals surface area contributed by atoms with Gasteiger partial charge >= 0.3 is 0 Å². The van der Waals surface area contributed by atoms with Crippen LogP contribution in [0, 0.1) is 5.92 Å². The number of para-hydroxylation sites is 1. The van der Waals surface area contributed by atoms with Crippen LogP contribution in [0.2, 0.25) is 0 Å². The van der Waals surface area contributed by atoms with Gasteiger partial charge in [-0.15, -0.1) is 0 Å². The summed E-state index contributed by atoms with van der Waals surface area (Å²) in [6.07, 6.45) is 5.38. The van der Waals surface area contributed by atoms with Crippen LogP contribution in [-0.2, 0) is 17.9 Å². The average molecular weight is 368 g/mol. The molecule has 0 bridgehead atoms. The van der Waals surface area contributed by atoms with Crippen LogP contribution in [0.3, 0.4) is 0 Å². The molecule has 1 amide bonds. The fraction of sp³-hybridized carbons (Fsp3) is 0.524. The summed E-state index contributed by atoms with van der Waals surface area (Å²) in [7, 11) is 0. The molecule has 0 saturated carbocycles. The molecule has 0 aliphatic carbocycles. The molecule has 6 nitrogen and oxygen atoms in total. The largest absolute Gasteiger partial charge is 0.488 e. The van der Waals surface area contributed by atoms with Crippen LogP contribution in [0.15, 0.2) is 30.5 Å². The number of piperidine rings is 1. The number of aromatic nitrogens is 2. The third-order valence-corrected chi connectivity index (χ3v) is 5.58. The second-order valence-electron chi connectivity index (χ2n) is 7.69. The number of hydrogen-bond acceptors (Lipinski definition) is 4. The molecule has 2 aliphatic rings. The quantitative estimate of drug-likeness (QED) is 0.797. The summed E-state index contributed by atoms with van der Waals surface area (Å²) in [5.74, 6) is 1.72. The third-order valence-electron chi connectivity index (χ3n) is 5.58. The molecule has 2 aliphatic heterocycles. The van der Waals surface area contributed by atoms with Gasteiger partial charge in [0.15, 0.2) is 0 Å². The highest BCUT2D eigenvalue weighted by atomic mass is 16.5. The number of nitrogens with one attached hydrogen (secondary N) is 1. The summed E-state index contributed by atoms with van der Waals surface area (Å²) in [4.78, 5) is 14.9. The number of rotatable bonds is 6. The number of carbonyl (C=O) groups excluding carboxylic acids is 1. The number of nitrogens with zero attached hydrogens (tertiary/aromatic N) is 3. The summed E-state index contributed by atoms with van der Waals surface area (Å²) in [5.41, 5.74) is 3.03. The highest BCUT2D eigenvalue weighted by Crippen LogP contribution is 2.36. The first kappa shape index (κ1) is 18.0. The minimum Gasteiger partial charge on any atom is -0.488 e. The Labute approximate surface area is 160 Å². The van der Waals surface area contributed by atoms with E-state index < -0.39 is 0 Å². The smallest absolute Gasteiger partial charge is 0.241 e. The van der Waals surface area contributed by atoms with Gasteiger partial charge in [-0.1, -0.05) is 19.1 Å². The molecule has 6 heteroatoms. The topological polar surface area (TPSA) is 59.4 Å². The van der Waals surface area contributed by atoms with E-state index in [1.165, 1.54) is 25.9 Å². The number of benzene rings is 1.